The van der Waals surface area contributed by atoms with Crippen LogP contribution in [0.1, 0.15) is 31.8 Å². The number of nitrogens with one attached hydrogen (secondary N) is 1. The summed E-state index contributed by atoms with van der Waals surface area (Å²) in [6, 6.07) is 20.4. The van der Waals surface area contributed by atoms with E-state index in [9.17, 15) is 24.0 Å². The average molecular weight is 856 g/mol. The Balaban J connectivity index is 1.30. The van der Waals surface area contributed by atoms with E-state index in [1.54, 1.807) is 36.4 Å². The van der Waals surface area contributed by atoms with Crippen molar-refractivity contribution in [2.24, 2.45) is 5.10 Å². The zero-order chi connectivity index (χ0) is 42.9. The zero-order valence-electron chi connectivity index (χ0n) is 31.5. The summed E-state index contributed by atoms with van der Waals surface area (Å²) in [5, 5.41) is 5.37. The van der Waals surface area contributed by atoms with Crippen molar-refractivity contribution in [3.63, 3.8) is 0 Å². The van der Waals surface area contributed by atoms with Gasteiger partial charge in [0.15, 0.2) is 11.5 Å². The normalized spacial score (nSPS) is 10.6. The van der Waals surface area contributed by atoms with E-state index in [2.05, 4.69) is 35.2 Å². The summed E-state index contributed by atoms with van der Waals surface area (Å²) in [5.74, 6) is -3.02. The van der Waals surface area contributed by atoms with Crippen LogP contribution < -0.4 is 24.4 Å². The molecule has 0 saturated carbocycles. The van der Waals surface area contributed by atoms with Crippen LogP contribution in [0, 0.1) is 0 Å². The van der Waals surface area contributed by atoms with Crippen molar-refractivity contribution in [2.45, 2.75) is 6.42 Å². The van der Waals surface area contributed by atoms with Crippen LogP contribution in [0.4, 0.5) is 5.13 Å². The van der Waals surface area contributed by atoms with Crippen molar-refractivity contribution >= 4 is 74.3 Å². The number of carbonyl (C=O) groups is 5. The lowest BCUT2D eigenvalue weighted by Gasteiger charge is -2.14. The number of hydrogen-bond acceptors (Lipinski definition) is 17. The Bertz CT molecular complexity index is 2430. The number of benzene rings is 4. The van der Waals surface area contributed by atoms with Gasteiger partial charge in [-0.05, 0) is 78.4 Å². The SMILES string of the molecule is C=CC(=O)OCOc1ccc(C(=O)OCCc2ccc(OC(=O)c3ccc(OCOC(=O)C=C)c(OCOC(=O)C=C)c3)c(/C=N/Nc3nc4ccc(Cl)cc4s3)c2)cc1. The van der Waals surface area contributed by atoms with Crippen molar-refractivity contribution in [3.05, 3.63) is 144 Å². The number of hydrogen-bond donors (Lipinski definition) is 1. The molecule has 18 heteroatoms. The molecule has 0 bridgehead atoms. The van der Waals surface area contributed by atoms with Gasteiger partial charge in [-0.3, -0.25) is 5.43 Å². The highest BCUT2D eigenvalue weighted by Gasteiger charge is 2.17. The number of anilines is 1. The number of aromatic nitrogens is 1. The summed E-state index contributed by atoms with van der Waals surface area (Å²) >= 11 is 7.46. The van der Waals surface area contributed by atoms with Gasteiger partial charge in [-0.1, -0.05) is 48.7 Å². The van der Waals surface area contributed by atoms with Crippen LogP contribution in [0.15, 0.2) is 122 Å². The Hall–Kier alpha value is -7.50. The molecule has 0 saturated heterocycles. The topological polar surface area (TPSA) is 196 Å². The Labute approximate surface area is 351 Å². The number of halogens is 1. The predicted molar refractivity (Wildman–Crippen MR) is 219 cm³/mol. The number of esters is 5. The highest BCUT2D eigenvalue weighted by Crippen LogP contribution is 2.31. The molecule has 4 aromatic carbocycles. The van der Waals surface area contributed by atoms with Crippen molar-refractivity contribution < 1.29 is 61.9 Å². The molecule has 60 heavy (non-hydrogen) atoms. The quantitative estimate of drug-likeness (QED) is 0.0148. The third kappa shape index (κ3) is 13.0. The van der Waals surface area contributed by atoms with Gasteiger partial charge < -0.3 is 37.9 Å². The first-order chi connectivity index (χ1) is 29.0. The standard InChI is InChI=1S/C42H34ClN3O13S/c1-4-37(47)56-23-53-31-12-8-27(9-13-31)40(50)52-18-17-26-7-15-33(29(19-26)22-44-46-42-45-32-14-11-30(43)21-36(32)60-42)59-41(51)28-10-16-34(54-24-57-38(48)5-2)35(20-28)55-25-58-39(49)6-3/h4-16,19-22H,1-3,17-18,23-25H2,(H,45,46)/b44-22+. The van der Waals surface area contributed by atoms with E-state index in [-0.39, 0.29) is 48.2 Å². The number of fused-ring (bicyclic) bond motifs is 1. The summed E-state index contributed by atoms with van der Waals surface area (Å²) in [6.07, 6.45) is 4.63. The third-order valence-corrected chi connectivity index (χ3v) is 8.80. The van der Waals surface area contributed by atoms with Crippen LogP contribution in [0.2, 0.25) is 5.02 Å². The van der Waals surface area contributed by atoms with Crippen LogP contribution in [0.3, 0.4) is 0 Å². The number of rotatable bonds is 21. The fraction of sp³-hybridized carbons (Fsp3) is 0.119. The first-order valence-corrected chi connectivity index (χ1v) is 18.6. The van der Waals surface area contributed by atoms with E-state index in [0.29, 0.717) is 27.0 Å². The van der Waals surface area contributed by atoms with E-state index in [1.165, 1.54) is 60.0 Å². The van der Waals surface area contributed by atoms with E-state index in [4.69, 9.17) is 49.5 Å². The van der Waals surface area contributed by atoms with Gasteiger partial charge in [0.1, 0.15) is 11.5 Å². The van der Waals surface area contributed by atoms with Gasteiger partial charge in [0.05, 0.1) is 34.2 Å². The first kappa shape index (κ1) is 43.6. The van der Waals surface area contributed by atoms with E-state index in [1.807, 2.05) is 0 Å². The van der Waals surface area contributed by atoms with E-state index in [0.717, 1.165) is 28.4 Å². The van der Waals surface area contributed by atoms with Gasteiger partial charge in [-0.25, -0.2) is 29.0 Å². The minimum absolute atomic E-state index is 0.00289. The number of hydrazone groups is 1. The number of carbonyl (C=O) groups excluding carboxylic acids is 5. The number of ether oxygens (including phenoxy) is 8. The van der Waals surface area contributed by atoms with E-state index < -0.39 is 43.4 Å². The van der Waals surface area contributed by atoms with Crippen LogP contribution in [-0.2, 0) is 39.8 Å². The molecular formula is C42H34ClN3O13S. The molecule has 0 spiro atoms. The summed E-state index contributed by atoms with van der Waals surface area (Å²) in [5.41, 5.74) is 4.97. The predicted octanol–water partition coefficient (Wildman–Crippen LogP) is 7.21. The molecule has 5 rings (SSSR count). The minimum Gasteiger partial charge on any atom is -0.462 e. The Kier molecular flexibility index (Phi) is 15.9. The highest BCUT2D eigenvalue weighted by atomic mass is 35.5. The Morgan fingerprint density at radius 3 is 2.00 bits per heavy atom. The summed E-state index contributed by atoms with van der Waals surface area (Å²) in [4.78, 5) is 65.0. The fourth-order valence-electron chi connectivity index (χ4n) is 4.74. The lowest BCUT2D eigenvalue weighted by atomic mass is 10.1. The lowest BCUT2D eigenvalue weighted by molar-refractivity contribution is -0.146. The van der Waals surface area contributed by atoms with Crippen molar-refractivity contribution in [3.8, 4) is 23.0 Å². The molecule has 16 nitrogen and oxygen atoms in total. The molecule has 0 radical (unpaired) electrons. The maximum Gasteiger partial charge on any atom is 0.343 e. The zero-order valence-corrected chi connectivity index (χ0v) is 33.0. The average Bonchev–Trinajstić information content (AvgIpc) is 3.66. The maximum absolute atomic E-state index is 13.5. The van der Waals surface area contributed by atoms with Crippen molar-refractivity contribution in [1.82, 2.24) is 4.98 Å². The van der Waals surface area contributed by atoms with Gasteiger partial charge in [-0.2, -0.15) is 5.10 Å². The Morgan fingerprint density at radius 2 is 1.32 bits per heavy atom. The van der Waals surface area contributed by atoms with Crippen LogP contribution in [0.5, 0.6) is 23.0 Å². The third-order valence-electron chi connectivity index (χ3n) is 7.64. The molecule has 1 aromatic heterocycles. The van der Waals surface area contributed by atoms with Gasteiger partial charge >= 0.3 is 29.8 Å². The van der Waals surface area contributed by atoms with E-state index >= 15 is 0 Å². The maximum atomic E-state index is 13.5. The monoisotopic (exact) mass is 855 g/mol. The molecule has 0 unspecified atom stereocenters. The molecule has 1 N–H and O–H groups in total. The molecule has 308 valence electrons. The van der Waals surface area contributed by atoms with Crippen LogP contribution in [0.25, 0.3) is 10.2 Å². The second kappa shape index (κ2) is 21.9. The summed E-state index contributed by atoms with van der Waals surface area (Å²) in [6.45, 7) is 8.56. The van der Waals surface area contributed by atoms with Crippen molar-refractivity contribution in [2.75, 3.05) is 32.4 Å². The molecule has 0 aliphatic rings. The number of nitrogens with zero attached hydrogens (tertiary/aromatic N) is 2. The largest absolute Gasteiger partial charge is 0.462 e. The molecule has 0 aliphatic carbocycles. The summed E-state index contributed by atoms with van der Waals surface area (Å²) < 4.78 is 43.0. The lowest BCUT2D eigenvalue weighted by Crippen LogP contribution is -2.13. The van der Waals surface area contributed by atoms with Gasteiger partial charge in [0.25, 0.3) is 0 Å². The molecule has 0 aliphatic heterocycles. The fourth-order valence-corrected chi connectivity index (χ4v) is 5.83. The minimum atomic E-state index is -0.811. The molecule has 0 amide bonds. The Morgan fingerprint density at radius 1 is 0.683 bits per heavy atom. The second-order valence-electron chi connectivity index (χ2n) is 11.6. The number of thiazole rings is 1. The van der Waals surface area contributed by atoms with Gasteiger partial charge in [-0.15, -0.1) is 0 Å². The highest BCUT2D eigenvalue weighted by molar-refractivity contribution is 7.22. The molecule has 5 aromatic rings. The summed E-state index contributed by atoms with van der Waals surface area (Å²) in [7, 11) is 0. The van der Waals surface area contributed by atoms with Crippen molar-refractivity contribution in [1.29, 1.82) is 0 Å². The van der Waals surface area contributed by atoms with Gasteiger partial charge in [0.2, 0.25) is 25.5 Å². The molecule has 0 fully saturated rings. The van der Waals surface area contributed by atoms with Crippen LogP contribution >= 0.6 is 22.9 Å². The molecular weight excluding hydrogens is 822 g/mol. The van der Waals surface area contributed by atoms with Gasteiger partial charge in [0, 0.05) is 35.2 Å². The first-order valence-electron chi connectivity index (χ1n) is 17.4. The molecule has 1 heterocycles. The molecule has 0 atom stereocenters. The second-order valence-corrected chi connectivity index (χ2v) is 13.1. The van der Waals surface area contributed by atoms with Crippen LogP contribution in [-0.4, -0.2) is 68.0 Å². The smallest absolute Gasteiger partial charge is 0.343 e.